The molecule has 0 aliphatic carbocycles. The first-order valence-corrected chi connectivity index (χ1v) is 4.56. The van der Waals surface area contributed by atoms with Gasteiger partial charge < -0.3 is 4.89 Å². The summed E-state index contributed by atoms with van der Waals surface area (Å²) < 4.78 is 5.02. The molecule has 1 rings (SSSR count). The molecule has 0 amide bonds. The summed E-state index contributed by atoms with van der Waals surface area (Å²) in [6, 6.07) is 9.12. The minimum absolute atomic E-state index is 0.645. The first kappa shape index (κ1) is 8.25. The molecule has 0 spiro atoms. The van der Waals surface area contributed by atoms with Gasteiger partial charge in [0.05, 0.1) is 0 Å². The number of benzene rings is 1. The number of hydrogen-bond acceptors (Lipinski definition) is 2. The lowest BCUT2D eigenvalue weighted by Gasteiger charge is -1.97. The van der Waals surface area contributed by atoms with Crippen LogP contribution >= 0.6 is 8.00 Å². The maximum atomic E-state index is 10.9. The zero-order chi connectivity index (χ0) is 8.10. The molecule has 0 radical (unpaired) electrons. The van der Waals surface area contributed by atoms with Crippen molar-refractivity contribution >= 4 is 13.8 Å². The molecule has 0 aliphatic rings. The Labute approximate surface area is 67.0 Å². The Morgan fingerprint density at radius 3 is 2.55 bits per heavy atom. The van der Waals surface area contributed by atoms with Gasteiger partial charge >= 0.3 is 0 Å². The molecule has 1 aromatic rings. The molecule has 0 aliphatic heterocycles. The van der Waals surface area contributed by atoms with Gasteiger partial charge in [0.2, 0.25) is 0 Å². The van der Waals surface area contributed by atoms with Crippen LogP contribution in [0.25, 0.3) is 0 Å². The molecule has 0 bridgehead atoms. The van der Waals surface area contributed by atoms with Gasteiger partial charge in [-0.15, -0.1) is 0 Å². The van der Waals surface area contributed by atoms with Gasteiger partial charge in [-0.05, 0) is 19.1 Å². The van der Waals surface area contributed by atoms with Crippen LogP contribution in [-0.2, 0) is 0 Å². The van der Waals surface area contributed by atoms with E-state index in [0.29, 0.717) is 5.75 Å². The van der Waals surface area contributed by atoms with Crippen LogP contribution in [0, 0.1) is 0 Å². The minimum atomic E-state index is -1.63. The Balaban J connectivity index is 2.65. The van der Waals surface area contributed by atoms with E-state index in [0.717, 1.165) is 0 Å². The third-order valence-corrected chi connectivity index (χ3v) is 1.96. The van der Waals surface area contributed by atoms with E-state index in [9.17, 15) is 4.89 Å². The first-order chi connectivity index (χ1) is 5.33. The summed E-state index contributed by atoms with van der Waals surface area (Å²) in [5.74, 6) is 2.18. The van der Waals surface area contributed by atoms with Crippen molar-refractivity contribution in [3.63, 3.8) is 0 Å². The molecular weight excluding hydrogens is 159 g/mol. The molecule has 11 heavy (non-hydrogen) atoms. The molecule has 0 heterocycles. The fourth-order valence-electron chi connectivity index (χ4n) is 0.638. The highest BCUT2D eigenvalue weighted by atomic mass is 31.1. The molecule has 1 aromatic carbocycles. The van der Waals surface area contributed by atoms with E-state index in [1.807, 2.05) is 18.2 Å². The summed E-state index contributed by atoms with van der Waals surface area (Å²) in [6.45, 7) is 1.71. The van der Waals surface area contributed by atoms with E-state index in [-0.39, 0.29) is 0 Å². The van der Waals surface area contributed by atoms with Crippen molar-refractivity contribution < 1.29 is 9.42 Å². The van der Waals surface area contributed by atoms with Gasteiger partial charge in [-0.3, -0.25) is 4.52 Å². The number of rotatable bonds is 2. The van der Waals surface area contributed by atoms with Crippen molar-refractivity contribution in [1.29, 1.82) is 0 Å². The molecule has 3 heteroatoms. The lowest BCUT2D eigenvalue weighted by atomic mass is 10.3. The number of para-hydroxylation sites is 1. The van der Waals surface area contributed by atoms with E-state index < -0.39 is 8.00 Å². The van der Waals surface area contributed by atoms with Gasteiger partial charge in [0, 0.05) is 0 Å². The Morgan fingerprint density at radius 2 is 2.00 bits per heavy atom. The smallest absolute Gasteiger partial charge is 0.272 e. The lowest BCUT2D eigenvalue weighted by Crippen LogP contribution is -1.95. The Hall–Kier alpha value is -0.850. The molecule has 58 valence electrons. The molecule has 0 fully saturated rings. The van der Waals surface area contributed by atoms with Crippen molar-refractivity contribution in [2.75, 3.05) is 0 Å². The number of hydrogen-bond donors (Lipinski definition) is 0. The van der Waals surface area contributed by atoms with Crippen LogP contribution in [0.3, 0.4) is 0 Å². The highest BCUT2D eigenvalue weighted by Crippen LogP contribution is 2.19. The fourth-order valence-corrected chi connectivity index (χ4v) is 1.07. The highest BCUT2D eigenvalue weighted by molar-refractivity contribution is 7.45. The Kier molecular flexibility index (Phi) is 3.09. The van der Waals surface area contributed by atoms with Crippen LogP contribution in [-0.4, -0.2) is 5.80 Å². The van der Waals surface area contributed by atoms with Gasteiger partial charge in [0.25, 0.3) is 8.00 Å². The van der Waals surface area contributed by atoms with Crippen LogP contribution in [0.15, 0.2) is 30.3 Å². The maximum absolute atomic E-state index is 10.9. The largest absolute Gasteiger partial charge is 0.595 e. The van der Waals surface area contributed by atoms with Gasteiger partial charge in [-0.2, -0.15) is 0 Å². The van der Waals surface area contributed by atoms with Crippen molar-refractivity contribution in [3.8, 4) is 5.75 Å². The summed E-state index contributed by atoms with van der Waals surface area (Å²) in [5.41, 5.74) is 0. The quantitative estimate of drug-likeness (QED) is 0.627. The van der Waals surface area contributed by atoms with E-state index in [1.54, 1.807) is 19.1 Å². The standard InChI is InChI=1S/C8H9O2P/c1-2-11(9)10-8-6-4-3-5-7-8/h2-7H,1H3. The first-order valence-electron chi connectivity index (χ1n) is 3.32. The predicted octanol–water partition coefficient (Wildman–Crippen LogP) is 1.56. The predicted molar refractivity (Wildman–Crippen MR) is 45.7 cm³/mol. The third-order valence-electron chi connectivity index (χ3n) is 1.15. The van der Waals surface area contributed by atoms with Crippen molar-refractivity contribution in [2.24, 2.45) is 0 Å². The van der Waals surface area contributed by atoms with Gasteiger partial charge in [0.15, 0.2) is 5.75 Å². The zero-order valence-corrected chi connectivity index (χ0v) is 7.12. The molecule has 2 nitrogen and oxygen atoms in total. The molecule has 0 N–H and O–H groups in total. The van der Waals surface area contributed by atoms with Crippen molar-refractivity contribution in [3.05, 3.63) is 30.3 Å². The van der Waals surface area contributed by atoms with Crippen LogP contribution in [0.5, 0.6) is 5.75 Å². The summed E-state index contributed by atoms with van der Waals surface area (Å²) >= 11 is 0. The van der Waals surface area contributed by atoms with Crippen LogP contribution in [0.2, 0.25) is 0 Å². The van der Waals surface area contributed by atoms with Gasteiger partial charge in [-0.25, -0.2) is 0 Å². The summed E-state index contributed by atoms with van der Waals surface area (Å²) in [5, 5.41) is 0. The van der Waals surface area contributed by atoms with E-state index >= 15 is 0 Å². The van der Waals surface area contributed by atoms with E-state index in [1.165, 1.54) is 5.80 Å². The van der Waals surface area contributed by atoms with Crippen molar-refractivity contribution in [2.45, 2.75) is 6.92 Å². The summed E-state index contributed by atoms with van der Waals surface area (Å²) in [4.78, 5) is 10.9. The maximum Gasteiger partial charge on any atom is 0.272 e. The third kappa shape index (κ3) is 2.71. The minimum Gasteiger partial charge on any atom is -0.595 e. The average Bonchev–Trinajstić information content (AvgIpc) is 2.06. The van der Waals surface area contributed by atoms with Crippen LogP contribution < -0.4 is 9.42 Å². The molecule has 0 saturated carbocycles. The second-order valence-corrected chi connectivity index (χ2v) is 3.22. The second-order valence-electron chi connectivity index (χ2n) is 1.95. The normalized spacial score (nSPS) is 11.3. The monoisotopic (exact) mass is 168 g/mol. The van der Waals surface area contributed by atoms with Crippen LogP contribution in [0.4, 0.5) is 0 Å². The van der Waals surface area contributed by atoms with E-state index in [2.05, 4.69) is 0 Å². The SMILES string of the molecule is CC=[P+]([O-])Oc1ccccc1. The molecule has 1 atom stereocenters. The van der Waals surface area contributed by atoms with Gasteiger partial charge in [-0.1, -0.05) is 18.2 Å². The second kappa shape index (κ2) is 4.12. The molecule has 0 aromatic heterocycles. The van der Waals surface area contributed by atoms with E-state index in [4.69, 9.17) is 4.52 Å². The van der Waals surface area contributed by atoms with Crippen LogP contribution in [0.1, 0.15) is 6.92 Å². The molecule has 0 saturated heterocycles. The molecular formula is C8H9O2P. The van der Waals surface area contributed by atoms with Gasteiger partial charge in [0.1, 0.15) is 5.80 Å². The summed E-state index contributed by atoms with van der Waals surface area (Å²) in [7, 11) is -1.63. The highest BCUT2D eigenvalue weighted by Gasteiger charge is 1.96. The molecule has 1 unspecified atom stereocenters. The zero-order valence-electron chi connectivity index (χ0n) is 6.23. The summed E-state index contributed by atoms with van der Waals surface area (Å²) in [6.07, 6.45) is 0. The Morgan fingerprint density at radius 1 is 1.36 bits per heavy atom. The Bertz CT molecular complexity index is 244. The van der Waals surface area contributed by atoms with Crippen molar-refractivity contribution in [1.82, 2.24) is 0 Å². The topological polar surface area (TPSA) is 32.3 Å². The fraction of sp³-hybridized carbons (Fsp3) is 0.125. The lowest BCUT2D eigenvalue weighted by molar-refractivity contribution is -0.165. The average molecular weight is 168 g/mol.